The average Bonchev–Trinajstić information content (AvgIpc) is 2.22. The van der Waals surface area contributed by atoms with Crippen LogP contribution in [0.3, 0.4) is 0 Å². The van der Waals surface area contributed by atoms with E-state index in [0.29, 0.717) is 6.42 Å². The smallest absolute Gasteiger partial charge is 0.320 e. The number of aliphatic carboxylic acids is 1. The number of rotatable bonds is 5. The molecule has 0 aliphatic rings. The van der Waals surface area contributed by atoms with Crippen LogP contribution >= 0.6 is 0 Å². The van der Waals surface area contributed by atoms with Crippen LogP contribution in [-0.2, 0) is 11.2 Å². The molecule has 0 aromatic heterocycles. The number of carboxylic acids is 1. The molecule has 0 saturated heterocycles. The van der Waals surface area contributed by atoms with Gasteiger partial charge in [-0.2, -0.15) is 0 Å². The largest absolute Gasteiger partial charge is 0.480 e. The van der Waals surface area contributed by atoms with Crippen LogP contribution in [0.2, 0.25) is 0 Å². The number of benzene rings is 1. The molecule has 0 unspecified atom stereocenters. The van der Waals surface area contributed by atoms with Crippen molar-refractivity contribution in [2.45, 2.75) is 26.3 Å². The Morgan fingerprint density at radius 1 is 1.56 bits per heavy atom. The monoisotopic (exact) mass is 222 g/mol. The molecule has 0 saturated carbocycles. The third kappa shape index (κ3) is 3.24. The molecule has 0 amide bonds. The third-order valence-electron chi connectivity index (χ3n) is 2.43. The molecule has 1 atom stereocenters. The first-order valence-electron chi connectivity index (χ1n) is 5.36. The fourth-order valence-corrected chi connectivity index (χ4v) is 1.58. The molecule has 1 aromatic rings. The van der Waals surface area contributed by atoms with E-state index >= 15 is 0 Å². The first kappa shape index (κ1) is 12.5. The van der Waals surface area contributed by atoms with Gasteiger partial charge in [-0.3, -0.25) is 4.79 Å². The normalized spacial score (nSPS) is 12.2. The molecule has 0 fully saturated rings. The molecule has 0 bridgehead atoms. The second-order valence-electron chi connectivity index (χ2n) is 3.83. The predicted molar refractivity (Wildman–Crippen MR) is 64.7 cm³/mol. The van der Waals surface area contributed by atoms with Crippen LogP contribution in [0, 0.1) is 6.92 Å². The molecule has 16 heavy (non-hydrogen) atoms. The van der Waals surface area contributed by atoms with Crippen LogP contribution in [-0.4, -0.2) is 23.7 Å². The number of nitrogens with one attached hydrogen (secondary N) is 1. The molecule has 0 radical (unpaired) electrons. The van der Waals surface area contributed by atoms with E-state index < -0.39 is 12.0 Å². The molecule has 4 heteroatoms. The summed E-state index contributed by atoms with van der Waals surface area (Å²) in [7, 11) is 0. The van der Waals surface area contributed by atoms with Gasteiger partial charge in [0.1, 0.15) is 6.04 Å². The summed E-state index contributed by atoms with van der Waals surface area (Å²) < 4.78 is 0. The zero-order chi connectivity index (χ0) is 12.1. The Hall–Kier alpha value is -1.55. The zero-order valence-electron chi connectivity index (χ0n) is 9.66. The topological polar surface area (TPSA) is 75.3 Å². The van der Waals surface area contributed by atoms with Crippen LogP contribution in [0.5, 0.6) is 0 Å². The summed E-state index contributed by atoms with van der Waals surface area (Å²) in [6.07, 6.45) is 0.364. The Balaban J connectivity index is 2.77. The molecule has 0 aliphatic carbocycles. The molecule has 4 N–H and O–H groups in total. The Kier molecular flexibility index (Phi) is 4.31. The lowest BCUT2D eigenvalue weighted by atomic mass is 10.0. The van der Waals surface area contributed by atoms with Gasteiger partial charge in [-0.15, -0.1) is 0 Å². The van der Waals surface area contributed by atoms with Gasteiger partial charge in [-0.1, -0.05) is 12.1 Å². The summed E-state index contributed by atoms with van der Waals surface area (Å²) in [5, 5.41) is 11.9. The SMILES string of the molecule is CCNc1ccc(C[C@H](N)C(=O)O)cc1C. The summed E-state index contributed by atoms with van der Waals surface area (Å²) in [4.78, 5) is 10.6. The van der Waals surface area contributed by atoms with Crippen LogP contribution in [0.25, 0.3) is 0 Å². The lowest BCUT2D eigenvalue weighted by molar-refractivity contribution is -0.138. The molecule has 4 nitrogen and oxygen atoms in total. The number of carboxylic acid groups (broad SMARTS) is 1. The lowest BCUT2D eigenvalue weighted by Crippen LogP contribution is -2.32. The van der Waals surface area contributed by atoms with E-state index in [1.807, 2.05) is 32.0 Å². The Bertz CT molecular complexity index is 377. The molecule has 88 valence electrons. The van der Waals surface area contributed by atoms with Gasteiger partial charge in [0, 0.05) is 12.2 Å². The minimum absolute atomic E-state index is 0.364. The van der Waals surface area contributed by atoms with Crippen molar-refractivity contribution in [2.75, 3.05) is 11.9 Å². The van der Waals surface area contributed by atoms with Gasteiger partial charge in [0.05, 0.1) is 0 Å². The first-order valence-corrected chi connectivity index (χ1v) is 5.36. The van der Waals surface area contributed by atoms with Gasteiger partial charge < -0.3 is 16.2 Å². The highest BCUT2D eigenvalue weighted by Crippen LogP contribution is 2.17. The summed E-state index contributed by atoms with van der Waals surface area (Å²) in [5.41, 5.74) is 8.62. The highest BCUT2D eigenvalue weighted by molar-refractivity contribution is 5.73. The van der Waals surface area contributed by atoms with E-state index in [1.54, 1.807) is 0 Å². The first-order chi connectivity index (χ1) is 7.54. The van der Waals surface area contributed by atoms with Gasteiger partial charge in [-0.05, 0) is 37.5 Å². The van der Waals surface area contributed by atoms with Crippen molar-refractivity contribution in [3.63, 3.8) is 0 Å². The van der Waals surface area contributed by atoms with Gasteiger partial charge >= 0.3 is 5.97 Å². The van der Waals surface area contributed by atoms with Crippen molar-refractivity contribution in [1.29, 1.82) is 0 Å². The maximum atomic E-state index is 10.6. The molecule has 0 aliphatic heterocycles. The van der Waals surface area contributed by atoms with E-state index in [0.717, 1.165) is 23.4 Å². The van der Waals surface area contributed by atoms with Gasteiger partial charge in [0.25, 0.3) is 0 Å². The van der Waals surface area contributed by atoms with Crippen LogP contribution in [0.1, 0.15) is 18.1 Å². The fraction of sp³-hybridized carbons (Fsp3) is 0.417. The Morgan fingerprint density at radius 3 is 2.75 bits per heavy atom. The summed E-state index contributed by atoms with van der Waals surface area (Å²) in [6, 6.07) is 5.02. The van der Waals surface area contributed by atoms with E-state index in [-0.39, 0.29) is 0 Å². The second-order valence-corrected chi connectivity index (χ2v) is 3.83. The minimum atomic E-state index is -0.964. The lowest BCUT2D eigenvalue weighted by Gasteiger charge is -2.11. The van der Waals surface area contributed by atoms with Gasteiger partial charge in [-0.25, -0.2) is 0 Å². The average molecular weight is 222 g/mol. The summed E-state index contributed by atoms with van der Waals surface area (Å²) in [6.45, 7) is 4.90. The van der Waals surface area contributed by atoms with Crippen molar-refractivity contribution < 1.29 is 9.90 Å². The van der Waals surface area contributed by atoms with E-state index in [9.17, 15) is 4.79 Å². The maximum Gasteiger partial charge on any atom is 0.320 e. The Labute approximate surface area is 95.5 Å². The quantitative estimate of drug-likeness (QED) is 0.703. The van der Waals surface area contributed by atoms with Crippen molar-refractivity contribution in [2.24, 2.45) is 5.73 Å². The van der Waals surface area contributed by atoms with Crippen LogP contribution in [0.4, 0.5) is 5.69 Å². The maximum absolute atomic E-state index is 10.6. The molecule has 1 rings (SSSR count). The molecule has 0 heterocycles. The summed E-state index contributed by atoms with van der Waals surface area (Å²) >= 11 is 0. The van der Waals surface area contributed by atoms with E-state index in [1.165, 1.54) is 0 Å². The molecule has 1 aromatic carbocycles. The van der Waals surface area contributed by atoms with Crippen LogP contribution < -0.4 is 11.1 Å². The molecule has 0 spiro atoms. The fourth-order valence-electron chi connectivity index (χ4n) is 1.58. The van der Waals surface area contributed by atoms with E-state index in [2.05, 4.69) is 5.32 Å². The van der Waals surface area contributed by atoms with Crippen molar-refractivity contribution in [1.82, 2.24) is 0 Å². The van der Waals surface area contributed by atoms with Crippen molar-refractivity contribution in [3.05, 3.63) is 29.3 Å². The standard InChI is InChI=1S/C12H18N2O2/c1-3-14-11-5-4-9(6-8(11)2)7-10(13)12(15)16/h4-6,10,14H,3,7,13H2,1-2H3,(H,15,16)/t10-/m0/s1. The number of anilines is 1. The number of hydrogen-bond acceptors (Lipinski definition) is 3. The Morgan fingerprint density at radius 2 is 2.25 bits per heavy atom. The third-order valence-corrected chi connectivity index (χ3v) is 2.43. The second kappa shape index (κ2) is 5.51. The van der Waals surface area contributed by atoms with Gasteiger partial charge in [0.2, 0.25) is 0 Å². The van der Waals surface area contributed by atoms with Crippen molar-refractivity contribution in [3.8, 4) is 0 Å². The van der Waals surface area contributed by atoms with E-state index in [4.69, 9.17) is 10.8 Å². The number of aryl methyl sites for hydroxylation is 1. The zero-order valence-corrected chi connectivity index (χ0v) is 9.66. The highest BCUT2D eigenvalue weighted by Gasteiger charge is 2.12. The molecular formula is C12H18N2O2. The predicted octanol–water partition coefficient (Wildman–Crippen LogP) is 1.38. The number of carbonyl (C=O) groups is 1. The number of hydrogen-bond donors (Lipinski definition) is 3. The van der Waals surface area contributed by atoms with Crippen molar-refractivity contribution >= 4 is 11.7 Å². The van der Waals surface area contributed by atoms with Gasteiger partial charge in [0.15, 0.2) is 0 Å². The highest BCUT2D eigenvalue weighted by atomic mass is 16.4. The summed E-state index contributed by atoms with van der Waals surface area (Å²) in [5.74, 6) is -0.964. The molecular weight excluding hydrogens is 204 g/mol. The minimum Gasteiger partial charge on any atom is -0.480 e. The van der Waals surface area contributed by atoms with Crippen LogP contribution in [0.15, 0.2) is 18.2 Å². The number of nitrogens with two attached hydrogens (primary N) is 1.